The van der Waals surface area contributed by atoms with Gasteiger partial charge in [-0.2, -0.15) is 5.06 Å². The second-order valence-corrected chi connectivity index (χ2v) is 4.26. The van der Waals surface area contributed by atoms with Crippen LogP contribution in [0, 0.1) is 5.82 Å². The lowest BCUT2D eigenvalue weighted by atomic mass is 9.90. The molecule has 1 fully saturated rings. The highest BCUT2D eigenvalue weighted by Crippen LogP contribution is 2.31. The minimum atomic E-state index is -4.65. The van der Waals surface area contributed by atoms with Gasteiger partial charge in [0.05, 0.1) is 0 Å². The Labute approximate surface area is 102 Å². The maximum absolute atomic E-state index is 13.5. The topological polar surface area (TPSA) is 12.5 Å². The van der Waals surface area contributed by atoms with Gasteiger partial charge < -0.3 is 0 Å². The largest absolute Gasteiger partial charge is 0.539 e. The summed E-state index contributed by atoms with van der Waals surface area (Å²) in [7, 11) is 0. The number of piperidine rings is 1. The monoisotopic (exact) mass is 263 g/mol. The standard InChI is InChI=1S/C12H13F4NO/c13-11-4-2-1-3-10(11)9-5-7-17(8-6-9)18-12(14,15)16/h1-4,9H,5-8H2. The zero-order valence-corrected chi connectivity index (χ0v) is 9.58. The summed E-state index contributed by atoms with van der Waals surface area (Å²) >= 11 is 0. The molecule has 1 heterocycles. The first kappa shape index (κ1) is 13.3. The molecule has 2 nitrogen and oxygen atoms in total. The maximum Gasteiger partial charge on any atom is 0.539 e. The number of alkyl halides is 3. The molecule has 0 spiro atoms. The van der Waals surface area contributed by atoms with Crippen LogP contribution in [0.2, 0.25) is 0 Å². The van der Waals surface area contributed by atoms with Crippen molar-refractivity contribution in [2.75, 3.05) is 13.1 Å². The summed E-state index contributed by atoms with van der Waals surface area (Å²) in [6.07, 6.45) is -3.74. The van der Waals surface area contributed by atoms with Crippen LogP contribution < -0.4 is 0 Å². The normalized spacial score (nSPS) is 19.1. The van der Waals surface area contributed by atoms with E-state index in [2.05, 4.69) is 4.84 Å². The number of hydroxylamine groups is 2. The fourth-order valence-electron chi connectivity index (χ4n) is 2.21. The van der Waals surface area contributed by atoms with Gasteiger partial charge in [0.25, 0.3) is 0 Å². The van der Waals surface area contributed by atoms with Gasteiger partial charge in [-0.1, -0.05) is 18.2 Å². The third kappa shape index (κ3) is 3.43. The molecular weight excluding hydrogens is 250 g/mol. The average Bonchev–Trinajstić information content (AvgIpc) is 2.29. The summed E-state index contributed by atoms with van der Waals surface area (Å²) in [5.41, 5.74) is 0.573. The number of hydrogen-bond acceptors (Lipinski definition) is 2. The third-order valence-electron chi connectivity index (χ3n) is 3.03. The van der Waals surface area contributed by atoms with Gasteiger partial charge >= 0.3 is 6.36 Å². The second kappa shape index (κ2) is 5.24. The van der Waals surface area contributed by atoms with Gasteiger partial charge in [-0.15, -0.1) is 13.2 Å². The van der Waals surface area contributed by atoms with Crippen LogP contribution in [0.15, 0.2) is 24.3 Å². The highest BCUT2D eigenvalue weighted by Gasteiger charge is 2.35. The average molecular weight is 263 g/mol. The summed E-state index contributed by atoms with van der Waals surface area (Å²) in [6, 6.07) is 6.38. The fraction of sp³-hybridized carbons (Fsp3) is 0.500. The molecule has 0 aliphatic carbocycles. The molecular formula is C12H13F4NO. The van der Waals surface area contributed by atoms with Gasteiger partial charge in [0, 0.05) is 13.1 Å². The lowest BCUT2D eigenvalue weighted by molar-refractivity contribution is -0.416. The Morgan fingerprint density at radius 2 is 1.72 bits per heavy atom. The quantitative estimate of drug-likeness (QED) is 0.758. The first-order valence-electron chi connectivity index (χ1n) is 5.71. The number of hydrogen-bond donors (Lipinski definition) is 0. The van der Waals surface area contributed by atoms with E-state index in [4.69, 9.17) is 0 Å². The number of benzene rings is 1. The molecule has 0 saturated carbocycles. The van der Waals surface area contributed by atoms with Gasteiger partial charge in [-0.05, 0) is 30.4 Å². The SMILES string of the molecule is Fc1ccccc1C1CCN(OC(F)(F)F)CC1. The van der Waals surface area contributed by atoms with Crippen molar-refractivity contribution in [3.8, 4) is 0 Å². The minimum absolute atomic E-state index is 0.0423. The van der Waals surface area contributed by atoms with E-state index in [1.54, 1.807) is 18.2 Å². The summed E-state index contributed by atoms with van der Waals surface area (Å²) in [5.74, 6) is -0.341. The highest BCUT2D eigenvalue weighted by atomic mass is 19.4. The molecule has 0 aromatic heterocycles. The van der Waals surface area contributed by atoms with Crippen molar-refractivity contribution in [1.82, 2.24) is 5.06 Å². The van der Waals surface area contributed by atoms with Gasteiger partial charge in [0.1, 0.15) is 5.82 Å². The van der Waals surface area contributed by atoms with Gasteiger partial charge in [0.15, 0.2) is 0 Å². The van der Waals surface area contributed by atoms with E-state index in [1.165, 1.54) is 6.07 Å². The minimum Gasteiger partial charge on any atom is -0.207 e. The molecule has 0 radical (unpaired) electrons. The summed E-state index contributed by atoms with van der Waals surface area (Å²) in [4.78, 5) is 3.83. The van der Waals surface area contributed by atoms with Crippen molar-refractivity contribution >= 4 is 0 Å². The molecule has 0 bridgehead atoms. The van der Waals surface area contributed by atoms with Crippen molar-refractivity contribution in [1.29, 1.82) is 0 Å². The molecule has 0 atom stereocenters. The van der Waals surface area contributed by atoms with E-state index in [1.807, 2.05) is 0 Å². The van der Waals surface area contributed by atoms with Crippen LogP contribution in [-0.4, -0.2) is 24.5 Å². The number of nitrogens with zero attached hydrogens (tertiary/aromatic N) is 1. The summed E-state index contributed by atoms with van der Waals surface area (Å²) < 4.78 is 49.5. The fourth-order valence-corrected chi connectivity index (χ4v) is 2.21. The van der Waals surface area contributed by atoms with Crippen molar-refractivity contribution in [2.24, 2.45) is 0 Å². The van der Waals surface area contributed by atoms with Crippen LogP contribution in [0.1, 0.15) is 24.3 Å². The van der Waals surface area contributed by atoms with E-state index in [-0.39, 0.29) is 24.8 Å². The molecule has 6 heteroatoms. The first-order valence-corrected chi connectivity index (χ1v) is 5.71. The Kier molecular flexibility index (Phi) is 3.87. The van der Waals surface area contributed by atoms with E-state index < -0.39 is 6.36 Å². The Hall–Kier alpha value is -1.14. The summed E-state index contributed by atoms with van der Waals surface area (Å²) in [6.45, 7) is 0.303. The molecule has 2 rings (SSSR count). The maximum atomic E-state index is 13.5. The zero-order chi connectivity index (χ0) is 13.2. The molecule has 100 valence electrons. The predicted molar refractivity (Wildman–Crippen MR) is 57.1 cm³/mol. The molecule has 0 unspecified atom stereocenters. The molecule has 1 aliphatic rings. The number of halogens is 4. The molecule has 1 saturated heterocycles. The van der Waals surface area contributed by atoms with Crippen molar-refractivity contribution in [3.05, 3.63) is 35.6 Å². The third-order valence-corrected chi connectivity index (χ3v) is 3.03. The predicted octanol–water partition coefficient (Wildman–Crippen LogP) is 3.46. The number of rotatable bonds is 2. The van der Waals surface area contributed by atoms with Crippen LogP contribution in [0.3, 0.4) is 0 Å². The molecule has 0 N–H and O–H groups in total. The van der Waals surface area contributed by atoms with Crippen LogP contribution in [0.5, 0.6) is 0 Å². The van der Waals surface area contributed by atoms with E-state index >= 15 is 0 Å². The molecule has 1 aromatic rings. The van der Waals surface area contributed by atoms with Gasteiger partial charge in [-0.25, -0.2) is 9.23 Å². The Morgan fingerprint density at radius 3 is 2.28 bits per heavy atom. The second-order valence-electron chi connectivity index (χ2n) is 4.26. The molecule has 0 amide bonds. The van der Waals surface area contributed by atoms with Crippen LogP contribution in [0.4, 0.5) is 17.6 Å². The Balaban J connectivity index is 1.93. The smallest absolute Gasteiger partial charge is 0.207 e. The van der Waals surface area contributed by atoms with Gasteiger partial charge in [-0.3, -0.25) is 0 Å². The molecule has 18 heavy (non-hydrogen) atoms. The van der Waals surface area contributed by atoms with E-state index in [0.717, 1.165) is 5.06 Å². The lowest BCUT2D eigenvalue weighted by Gasteiger charge is -2.31. The van der Waals surface area contributed by atoms with Crippen LogP contribution in [0.25, 0.3) is 0 Å². The van der Waals surface area contributed by atoms with Crippen LogP contribution >= 0.6 is 0 Å². The van der Waals surface area contributed by atoms with Gasteiger partial charge in [0.2, 0.25) is 0 Å². The summed E-state index contributed by atoms with van der Waals surface area (Å²) in [5, 5.41) is 0.886. The van der Waals surface area contributed by atoms with Crippen LogP contribution in [-0.2, 0) is 4.84 Å². The molecule has 1 aliphatic heterocycles. The Bertz CT molecular complexity index is 399. The van der Waals surface area contributed by atoms with Crippen molar-refractivity contribution in [2.45, 2.75) is 25.1 Å². The molecule has 1 aromatic carbocycles. The van der Waals surface area contributed by atoms with Crippen molar-refractivity contribution in [3.63, 3.8) is 0 Å². The zero-order valence-electron chi connectivity index (χ0n) is 9.58. The first-order chi connectivity index (χ1) is 8.46. The van der Waals surface area contributed by atoms with Crippen molar-refractivity contribution < 1.29 is 22.4 Å². The Morgan fingerprint density at radius 1 is 1.11 bits per heavy atom. The van der Waals surface area contributed by atoms with E-state index in [0.29, 0.717) is 18.4 Å². The van der Waals surface area contributed by atoms with E-state index in [9.17, 15) is 17.6 Å². The highest BCUT2D eigenvalue weighted by molar-refractivity contribution is 5.22. The lowest BCUT2D eigenvalue weighted by Crippen LogP contribution is -2.37.